The number of hydrogen-bond donors (Lipinski definition) is 1. The smallest absolute Gasteiger partial charge is 0.311 e. The molecule has 18 heavy (non-hydrogen) atoms. The van der Waals surface area contributed by atoms with E-state index in [4.69, 9.17) is 11.6 Å². The molecular formula is C13H15ClN2O2. The molecule has 1 aromatic rings. The van der Waals surface area contributed by atoms with Crippen LogP contribution in [0.15, 0.2) is 24.3 Å². The van der Waals surface area contributed by atoms with E-state index in [1.54, 1.807) is 11.0 Å². The maximum Gasteiger partial charge on any atom is 0.311 e. The summed E-state index contributed by atoms with van der Waals surface area (Å²) in [6.07, 6.45) is 1.95. The van der Waals surface area contributed by atoms with Crippen molar-refractivity contribution in [1.29, 1.82) is 0 Å². The average molecular weight is 267 g/mol. The largest absolute Gasteiger partial charge is 0.344 e. The number of amides is 2. The molecule has 1 aliphatic rings. The zero-order valence-corrected chi connectivity index (χ0v) is 10.7. The van der Waals surface area contributed by atoms with Gasteiger partial charge in [-0.15, -0.1) is 0 Å². The van der Waals surface area contributed by atoms with Crippen LogP contribution in [-0.2, 0) is 16.1 Å². The number of hydrogen-bond acceptors (Lipinski definition) is 2. The van der Waals surface area contributed by atoms with Crippen LogP contribution < -0.4 is 5.32 Å². The Hall–Kier alpha value is -1.55. The Morgan fingerprint density at radius 1 is 1.22 bits per heavy atom. The van der Waals surface area contributed by atoms with E-state index in [1.807, 2.05) is 18.2 Å². The Labute approximate surface area is 111 Å². The van der Waals surface area contributed by atoms with Gasteiger partial charge in [0.05, 0.1) is 0 Å². The molecule has 1 heterocycles. The first-order valence-corrected chi connectivity index (χ1v) is 6.37. The molecule has 2 amide bonds. The summed E-state index contributed by atoms with van der Waals surface area (Å²) in [6.45, 7) is 1.63. The molecule has 5 heteroatoms. The number of halogens is 1. The molecule has 0 saturated carbocycles. The van der Waals surface area contributed by atoms with E-state index in [2.05, 4.69) is 5.32 Å². The van der Waals surface area contributed by atoms with Crippen molar-refractivity contribution in [2.75, 3.05) is 13.1 Å². The highest BCUT2D eigenvalue weighted by molar-refractivity contribution is 6.35. The molecule has 1 aliphatic heterocycles. The number of rotatable bonds is 2. The zero-order chi connectivity index (χ0) is 13.0. The van der Waals surface area contributed by atoms with Crippen molar-refractivity contribution in [2.24, 2.45) is 0 Å². The van der Waals surface area contributed by atoms with Gasteiger partial charge < -0.3 is 10.2 Å². The predicted molar refractivity (Wildman–Crippen MR) is 69.1 cm³/mol. The van der Waals surface area contributed by atoms with E-state index in [9.17, 15) is 9.59 Å². The molecule has 96 valence electrons. The summed E-state index contributed by atoms with van der Waals surface area (Å²) < 4.78 is 0. The topological polar surface area (TPSA) is 49.4 Å². The summed E-state index contributed by atoms with van der Waals surface area (Å²) in [6, 6.07) is 7.24. The second kappa shape index (κ2) is 5.87. The normalized spacial score (nSPS) is 14.6. The maximum absolute atomic E-state index is 11.7. The fourth-order valence-corrected chi connectivity index (χ4v) is 2.16. The van der Waals surface area contributed by atoms with Gasteiger partial charge in [-0.2, -0.15) is 0 Å². The number of carbonyl (C=O) groups is 2. The van der Waals surface area contributed by atoms with Crippen LogP contribution >= 0.6 is 11.6 Å². The van der Waals surface area contributed by atoms with Gasteiger partial charge in [0, 0.05) is 24.7 Å². The van der Waals surface area contributed by atoms with Gasteiger partial charge >= 0.3 is 11.8 Å². The van der Waals surface area contributed by atoms with Gasteiger partial charge in [0.15, 0.2) is 0 Å². The van der Waals surface area contributed by atoms with Crippen molar-refractivity contribution < 1.29 is 9.59 Å². The third kappa shape index (κ3) is 3.01. The lowest BCUT2D eigenvalue weighted by Gasteiger charge is -2.14. The standard InChI is InChI=1S/C13H15ClN2O2/c14-11-6-2-1-5-10(11)9-15-12(17)13(18)16-7-3-4-8-16/h1-2,5-6H,3-4,7-9H2,(H,15,17). The maximum atomic E-state index is 11.7. The molecule has 1 N–H and O–H groups in total. The SMILES string of the molecule is O=C(NCc1ccccc1Cl)C(=O)N1CCCC1. The molecule has 4 nitrogen and oxygen atoms in total. The lowest BCUT2D eigenvalue weighted by Crippen LogP contribution is -2.41. The van der Waals surface area contributed by atoms with Crippen LogP contribution in [-0.4, -0.2) is 29.8 Å². The third-order valence-electron chi connectivity index (χ3n) is 2.98. The number of likely N-dealkylation sites (tertiary alicyclic amines) is 1. The van der Waals surface area contributed by atoms with E-state index >= 15 is 0 Å². The Bertz CT molecular complexity index is 456. The first-order valence-electron chi connectivity index (χ1n) is 5.99. The van der Waals surface area contributed by atoms with Gasteiger partial charge in [-0.3, -0.25) is 9.59 Å². The highest BCUT2D eigenvalue weighted by Crippen LogP contribution is 2.14. The molecule has 0 bridgehead atoms. The molecule has 0 radical (unpaired) electrons. The summed E-state index contributed by atoms with van der Waals surface area (Å²) in [4.78, 5) is 25.0. The molecular weight excluding hydrogens is 252 g/mol. The van der Waals surface area contributed by atoms with Crippen LogP contribution in [0, 0.1) is 0 Å². The summed E-state index contributed by atoms with van der Waals surface area (Å²) in [7, 11) is 0. The van der Waals surface area contributed by atoms with Gasteiger partial charge in [0.2, 0.25) is 0 Å². The van der Waals surface area contributed by atoms with E-state index in [0.717, 1.165) is 18.4 Å². The van der Waals surface area contributed by atoms with Crippen LogP contribution in [0.1, 0.15) is 18.4 Å². The molecule has 0 atom stereocenters. The fraction of sp³-hybridized carbons (Fsp3) is 0.385. The van der Waals surface area contributed by atoms with E-state index < -0.39 is 11.8 Å². The predicted octanol–water partition coefficient (Wildman–Crippen LogP) is 1.58. The van der Waals surface area contributed by atoms with Crippen molar-refractivity contribution >= 4 is 23.4 Å². The van der Waals surface area contributed by atoms with Gasteiger partial charge in [0.25, 0.3) is 0 Å². The summed E-state index contributed by atoms with van der Waals surface area (Å²) >= 11 is 5.97. The Morgan fingerprint density at radius 3 is 2.56 bits per heavy atom. The Kier molecular flexibility index (Phi) is 4.20. The molecule has 1 aromatic carbocycles. The molecule has 0 aromatic heterocycles. The second-order valence-corrected chi connectivity index (χ2v) is 4.68. The van der Waals surface area contributed by atoms with Crippen molar-refractivity contribution in [3.63, 3.8) is 0 Å². The molecule has 0 spiro atoms. The van der Waals surface area contributed by atoms with Gasteiger partial charge in [-0.05, 0) is 24.5 Å². The molecule has 2 rings (SSSR count). The quantitative estimate of drug-likeness (QED) is 0.827. The van der Waals surface area contributed by atoms with E-state index in [-0.39, 0.29) is 6.54 Å². The van der Waals surface area contributed by atoms with Gasteiger partial charge in [-0.1, -0.05) is 29.8 Å². The van der Waals surface area contributed by atoms with Crippen LogP contribution in [0.5, 0.6) is 0 Å². The monoisotopic (exact) mass is 266 g/mol. The number of benzene rings is 1. The third-order valence-corrected chi connectivity index (χ3v) is 3.35. The minimum atomic E-state index is -0.559. The van der Waals surface area contributed by atoms with Crippen molar-refractivity contribution in [2.45, 2.75) is 19.4 Å². The highest BCUT2D eigenvalue weighted by atomic mass is 35.5. The van der Waals surface area contributed by atoms with Gasteiger partial charge in [0.1, 0.15) is 0 Å². The van der Waals surface area contributed by atoms with Crippen LogP contribution in [0.4, 0.5) is 0 Å². The van der Waals surface area contributed by atoms with Crippen LogP contribution in [0.3, 0.4) is 0 Å². The summed E-state index contributed by atoms with van der Waals surface area (Å²) in [5.41, 5.74) is 0.807. The zero-order valence-electron chi connectivity index (χ0n) is 9.99. The minimum Gasteiger partial charge on any atom is -0.344 e. The fourth-order valence-electron chi connectivity index (χ4n) is 1.96. The number of nitrogens with one attached hydrogen (secondary N) is 1. The lowest BCUT2D eigenvalue weighted by molar-refractivity contribution is -0.145. The Morgan fingerprint density at radius 2 is 1.89 bits per heavy atom. The number of carbonyl (C=O) groups excluding carboxylic acids is 2. The first kappa shape index (κ1) is 12.9. The average Bonchev–Trinajstić information content (AvgIpc) is 2.90. The summed E-state index contributed by atoms with van der Waals surface area (Å²) in [5, 5.41) is 3.19. The van der Waals surface area contributed by atoms with Crippen molar-refractivity contribution in [3.05, 3.63) is 34.9 Å². The molecule has 0 unspecified atom stereocenters. The van der Waals surface area contributed by atoms with Crippen LogP contribution in [0.2, 0.25) is 5.02 Å². The van der Waals surface area contributed by atoms with E-state index in [1.165, 1.54) is 0 Å². The van der Waals surface area contributed by atoms with Gasteiger partial charge in [-0.25, -0.2) is 0 Å². The number of nitrogens with zero attached hydrogens (tertiary/aromatic N) is 1. The summed E-state index contributed by atoms with van der Waals surface area (Å²) in [5.74, 6) is -1.00. The van der Waals surface area contributed by atoms with Crippen molar-refractivity contribution in [1.82, 2.24) is 10.2 Å². The second-order valence-electron chi connectivity index (χ2n) is 4.27. The molecule has 1 fully saturated rings. The molecule has 1 saturated heterocycles. The van der Waals surface area contributed by atoms with Crippen molar-refractivity contribution in [3.8, 4) is 0 Å². The lowest BCUT2D eigenvalue weighted by atomic mass is 10.2. The molecule has 0 aliphatic carbocycles. The minimum absolute atomic E-state index is 0.276. The van der Waals surface area contributed by atoms with Crippen LogP contribution in [0.25, 0.3) is 0 Å². The first-order chi connectivity index (χ1) is 8.68. The van der Waals surface area contributed by atoms with E-state index in [0.29, 0.717) is 18.1 Å². The Balaban J connectivity index is 1.88. The highest BCUT2D eigenvalue weighted by Gasteiger charge is 2.24.